The van der Waals surface area contributed by atoms with Crippen molar-refractivity contribution in [2.24, 2.45) is 11.8 Å². The molecular formula is C29H29ClF2N2O6S. The summed E-state index contributed by atoms with van der Waals surface area (Å²) in [7, 11) is -4.10. The number of nitrogens with one attached hydrogen (secondary N) is 1. The maximum atomic E-state index is 13.8. The summed E-state index contributed by atoms with van der Waals surface area (Å²) in [6.07, 6.45) is -0.541. The molecule has 0 saturated heterocycles. The molecule has 3 unspecified atom stereocenters. The van der Waals surface area contributed by atoms with Gasteiger partial charge in [0.1, 0.15) is 12.2 Å². The Morgan fingerprint density at radius 3 is 2.34 bits per heavy atom. The largest absolute Gasteiger partial charge is 0.387 e. The molecule has 218 valence electrons. The molecule has 4 N–H and O–H groups in total. The van der Waals surface area contributed by atoms with Crippen LogP contribution >= 0.6 is 11.6 Å². The van der Waals surface area contributed by atoms with E-state index >= 15 is 0 Å². The van der Waals surface area contributed by atoms with Gasteiger partial charge in [-0.05, 0) is 86.4 Å². The number of halogens is 3. The molecule has 41 heavy (non-hydrogen) atoms. The van der Waals surface area contributed by atoms with E-state index in [2.05, 4.69) is 10.3 Å². The van der Waals surface area contributed by atoms with Gasteiger partial charge in [0.05, 0.1) is 26.5 Å². The van der Waals surface area contributed by atoms with Gasteiger partial charge in [0.25, 0.3) is 5.91 Å². The normalized spacial score (nSPS) is 25.5. The monoisotopic (exact) mass is 606 g/mol. The quantitative estimate of drug-likeness (QED) is 0.314. The first-order valence-corrected chi connectivity index (χ1v) is 15.1. The Morgan fingerprint density at radius 1 is 1.05 bits per heavy atom. The molecule has 2 aromatic carbocycles. The van der Waals surface area contributed by atoms with Gasteiger partial charge in [-0.3, -0.25) is 9.78 Å². The maximum absolute atomic E-state index is 13.8. The average molecular weight is 607 g/mol. The smallest absolute Gasteiger partial charge is 0.255 e. The van der Waals surface area contributed by atoms with Gasteiger partial charge < -0.3 is 20.6 Å². The summed E-state index contributed by atoms with van der Waals surface area (Å²) >= 11 is 6.29. The fourth-order valence-corrected chi connectivity index (χ4v) is 8.57. The number of carbonyl (C=O) groups is 1. The van der Waals surface area contributed by atoms with Crippen molar-refractivity contribution in [1.82, 2.24) is 4.98 Å². The number of anilines is 1. The number of aryl methyl sites for hydroxylation is 1. The molecule has 6 atom stereocenters. The molecule has 1 amide bonds. The number of hydrogen-bond acceptors (Lipinski definition) is 7. The second kappa shape index (κ2) is 11.0. The molecule has 2 bridgehead atoms. The fourth-order valence-electron chi connectivity index (χ4n) is 6.17. The lowest BCUT2D eigenvalue weighted by Crippen LogP contribution is -2.57. The molecule has 2 aliphatic carbocycles. The molecule has 0 aliphatic heterocycles. The van der Waals surface area contributed by atoms with Crippen LogP contribution in [0.5, 0.6) is 0 Å². The van der Waals surface area contributed by atoms with Crippen molar-refractivity contribution >= 4 is 33.0 Å². The SMILES string of the molecule is Cc1ccc(C(O)C(O)[C@@]2(O)C3CC[C@H]2C[C@H](S(=O)(=O)c2cc(C(=O)Nc4ccc(F)c(F)c4)ccc2Cl)C3)nc1. The Labute approximate surface area is 240 Å². The minimum absolute atomic E-state index is 0.0158. The van der Waals surface area contributed by atoms with Gasteiger partial charge in [0.15, 0.2) is 21.5 Å². The topological polar surface area (TPSA) is 137 Å². The van der Waals surface area contributed by atoms with Crippen molar-refractivity contribution in [3.63, 3.8) is 0 Å². The molecule has 1 aromatic heterocycles. The summed E-state index contributed by atoms with van der Waals surface area (Å²) in [5, 5.41) is 35.0. The Balaban J connectivity index is 1.36. The number of sulfone groups is 1. The molecule has 0 radical (unpaired) electrons. The van der Waals surface area contributed by atoms with Crippen LogP contribution in [0.1, 0.15) is 53.4 Å². The van der Waals surface area contributed by atoms with Gasteiger partial charge in [-0.1, -0.05) is 17.7 Å². The predicted molar refractivity (Wildman–Crippen MR) is 147 cm³/mol. The first kappa shape index (κ1) is 29.5. The highest BCUT2D eigenvalue weighted by Crippen LogP contribution is 2.55. The Kier molecular flexibility index (Phi) is 7.95. The van der Waals surface area contributed by atoms with Crippen molar-refractivity contribution in [2.45, 2.75) is 60.6 Å². The van der Waals surface area contributed by atoms with Crippen LogP contribution < -0.4 is 5.32 Å². The van der Waals surface area contributed by atoms with Crippen molar-refractivity contribution in [3.8, 4) is 0 Å². The molecule has 1 heterocycles. The molecule has 8 nitrogen and oxygen atoms in total. The third kappa shape index (κ3) is 5.37. The number of rotatable bonds is 7. The zero-order valence-corrected chi connectivity index (χ0v) is 23.5. The van der Waals surface area contributed by atoms with Crippen LogP contribution in [0.15, 0.2) is 59.6 Å². The van der Waals surface area contributed by atoms with Gasteiger partial charge >= 0.3 is 0 Å². The van der Waals surface area contributed by atoms with Crippen molar-refractivity contribution < 1.29 is 37.3 Å². The molecule has 2 aliphatic rings. The summed E-state index contributed by atoms with van der Waals surface area (Å²) in [4.78, 5) is 16.7. The lowest BCUT2D eigenvalue weighted by molar-refractivity contribution is -0.178. The predicted octanol–water partition coefficient (Wildman–Crippen LogP) is 4.36. The Morgan fingerprint density at radius 2 is 1.73 bits per heavy atom. The Hall–Kier alpha value is -2.96. The van der Waals surface area contributed by atoms with E-state index < -0.39 is 62.3 Å². The highest BCUT2D eigenvalue weighted by Gasteiger charge is 2.60. The van der Waals surface area contributed by atoms with E-state index in [0.29, 0.717) is 12.8 Å². The van der Waals surface area contributed by atoms with E-state index in [1.807, 2.05) is 6.92 Å². The minimum Gasteiger partial charge on any atom is -0.387 e. The minimum atomic E-state index is -4.10. The number of fused-ring (bicyclic) bond motifs is 2. The van der Waals surface area contributed by atoms with Crippen molar-refractivity contribution in [1.29, 1.82) is 0 Å². The number of benzene rings is 2. The van der Waals surface area contributed by atoms with E-state index in [-0.39, 0.29) is 39.7 Å². The summed E-state index contributed by atoms with van der Waals surface area (Å²) in [5.41, 5.74) is -0.718. The van der Waals surface area contributed by atoms with E-state index in [1.165, 1.54) is 18.2 Å². The third-order valence-corrected chi connectivity index (χ3v) is 11.0. The van der Waals surface area contributed by atoms with E-state index in [0.717, 1.165) is 23.8 Å². The van der Waals surface area contributed by atoms with Gasteiger partial charge in [0.2, 0.25) is 0 Å². The van der Waals surface area contributed by atoms with Crippen LogP contribution in [-0.4, -0.2) is 51.6 Å². The second-order valence-corrected chi connectivity index (χ2v) is 13.5. The summed E-state index contributed by atoms with van der Waals surface area (Å²) < 4.78 is 54.4. The lowest BCUT2D eigenvalue weighted by Gasteiger charge is -2.46. The van der Waals surface area contributed by atoms with Crippen molar-refractivity contribution in [2.75, 3.05) is 5.32 Å². The van der Waals surface area contributed by atoms with Crippen LogP contribution in [0.4, 0.5) is 14.5 Å². The van der Waals surface area contributed by atoms with Crippen LogP contribution in [-0.2, 0) is 9.84 Å². The van der Waals surface area contributed by atoms with Crippen LogP contribution in [0.25, 0.3) is 0 Å². The number of nitrogens with zero attached hydrogens (tertiary/aromatic N) is 1. The number of aromatic nitrogens is 1. The zero-order valence-electron chi connectivity index (χ0n) is 22.0. The van der Waals surface area contributed by atoms with E-state index in [1.54, 1.807) is 18.3 Å². The number of aliphatic hydroxyl groups is 3. The number of amides is 1. The molecular weight excluding hydrogens is 578 g/mol. The van der Waals surface area contributed by atoms with Gasteiger partial charge in [-0.25, -0.2) is 17.2 Å². The first-order valence-electron chi connectivity index (χ1n) is 13.1. The lowest BCUT2D eigenvalue weighted by atomic mass is 9.69. The zero-order chi connectivity index (χ0) is 29.7. The molecule has 0 spiro atoms. The standard InChI is InChI=1S/C29H29ClF2N2O6S/c1-15-2-9-24(33-14-15)26(35)27(36)29(38)17-4-5-18(29)12-20(11-17)41(39,40)25-10-16(3-7-21(25)30)28(37)34-19-6-8-22(31)23(32)13-19/h2-3,6-10,13-14,17-18,20,26-27,35-36,38H,4-5,11-12H2,1H3,(H,34,37)/t17-,18?,20-,26?,27?,29-/m0/s1. The molecule has 12 heteroatoms. The van der Waals surface area contributed by atoms with E-state index in [9.17, 15) is 37.3 Å². The van der Waals surface area contributed by atoms with E-state index in [4.69, 9.17) is 11.6 Å². The van der Waals surface area contributed by atoms with Gasteiger partial charge in [-0.15, -0.1) is 0 Å². The number of hydrogen-bond donors (Lipinski definition) is 4. The molecule has 5 rings (SSSR count). The molecule has 3 aromatic rings. The molecule has 2 fully saturated rings. The summed E-state index contributed by atoms with van der Waals surface area (Å²) in [6.45, 7) is 1.83. The maximum Gasteiger partial charge on any atom is 0.255 e. The second-order valence-electron chi connectivity index (χ2n) is 10.9. The number of pyridine rings is 1. The fraction of sp³-hybridized carbons (Fsp3) is 0.379. The van der Waals surface area contributed by atoms with Crippen LogP contribution in [0.3, 0.4) is 0 Å². The Bertz CT molecular complexity index is 1570. The first-order chi connectivity index (χ1) is 19.3. The highest BCUT2D eigenvalue weighted by atomic mass is 35.5. The van der Waals surface area contributed by atoms with Crippen LogP contribution in [0.2, 0.25) is 5.02 Å². The third-order valence-electron chi connectivity index (χ3n) is 8.39. The molecule has 2 saturated carbocycles. The van der Waals surface area contributed by atoms with Gasteiger partial charge in [0, 0.05) is 23.5 Å². The summed E-state index contributed by atoms with van der Waals surface area (Å²) in [6, 6.07) is 9.86. The van der Waals surface area contributed by atoms with Crippen LogP contribution in [0, 0.1) is 30.4 Å². The van der Waals surface area contributed by atoms with Gasteiger partial charge in [-0.2, -0.15) is 0 Å². The number of carbonyl (C=O) groups excluding carboxylic acids is 1. The average Bonchev–Trinajstić information content (AvgIpc) is 3.10. The van der Waals surface area contributed by atoms with Crippen molar-refractivity contribution in [3.05, 3.63) is 88.2 Å². The number of aliphatic hydroxyl groups excluding tert-OH is 2. The summed E-state index contributed by atoms with van der Waals surface area (Å²) in [5.74, 6) is -4.21. The highest BCUT2D eigenvalue weighted by molar-refractivity contribution is 7.92.